The zero-order valence-electron chi connectivity index (χ0n) is 15.3. The highest BCUT2D eigenvalue weighted by atomic mass is 16.5. The molecule has 2 aromatic rings. The van der Waals surface area contributed by atoms with Gasteiger partial charge < -0.3 is 25.4 Å². The Labute approximate surface area is 156 Å². The molecule has 0 unspecified atom stereocenters. The van der Waals surface area contributed by atoms with Crippen LogP contribution in [0.4, 0.5) is 17.1 Å². The normalized spacial score (nSPS) is 9.89. The van der Waals surface area contributed by atoms with Crippen LogP contribution in [-0.4, -0.2) is 31.9 Å². The summed E-state index contributed by atoms with van der Waals surface area (Å²) in [6.07, 6.45) is -0.359. The maximum absolute atomic E-state index is 12.1. The van der Waals surface area contributed by atoms with Gasteiger partial charge in [-0.25, -0.2) is 0 Å². The van der Waals surface area contributed by atoms with E-state index in [1.807, 2.05) is 0 Å². The lowest BCUT2D eigenvalue weighted by Gasteiger charge is -2.12. The van der Waals surface area contributed by atoms with Crippen molar-refractivity contribution in [1.82, 2.24) is 0 Å². The molecule has 0 heterocycles. The molecule has 0 aliphatic carbocycles. The van der Waals surface area contributed by atoms with E-state index < -0.39 is 11.8 Å². The second-order valence-corrected chi connectivity index (χ2v) is 5.60. The molecule has 0 saturated heterocycles. The molecule has 0 aromatic heterocycles. The summed E-state index contributed by atoms with van der Waals surface area (Å²) in [6, 6.07) is 11.5. The number of nitrogens with one attached hydrogen (secondary N) is 3. The van der Waals surface area contributed by atoms with Gasteiger partial charge in [0, 0.05) is 24.4 Å². The van der Waals surface area contributed by atoms with Gasteiger partial charge >= 0.3 is 0 Å². The Morgan fingerprint density at radius 2 is 1.41 bits per heavy atom. The Bertz CT molecular complexity index is 834. The molecule has 0 bridgehead atoms. The molecule has 0 aliphatic rings. The highest BCUT2D eigenvalue weighted by molar-refractivity contribution is 6.08. The molecule has 2 rings (SSSR count). The fourth-order valence-corrected chi connectivity index (χ4v) is 2.29. The molecule has 27 heavy (non-hydrogen) atoms. The van der Waals surface area contributed by atoms with Crippen molar-refractivity contribution in [2.45, 2.75) is 13.3 Å². The second-order valence-electron chi connectivity index (χ2n) is 5.60. The highest BCUT2D eigenvalue weighted by Crippen LogP contribution is 2.29. The van der Waals surface area contributed by atoms with E-state index in [1.54, 1.807) is 42.5 Å². The van der Waals surface area contributed by atoms with Crippen molar-refractivity contribution in [2.75, 3.05) is 30.2 Å². The van der Waals surface area contributed by atoms with Crippen molar-refractivity contribution in [3.8, 4) is 11.5 Å². The number of carbonyl (C=O) groups excluding carboxylic acids is 3. The molecule has 0 saturated carbocycles. The van der Waals surface area contributed by atoms with Crippen LogP contribution < -0.4 is 25.4 Å². The number of methoxy groups -OCH3 is 2. The van der Waals surface area contributed by atoms with Gasteiger partial charge in [-0.3, -0.25) is 14.4 Å². The fraction of sp³-hybridized carbons (Fsp3) is 0.211. The standard InChI is InChI=1S/C19H21N3O5/c1-12(23)20-13-4-6-14(7-5-13)21-18(24)11-19(25)22-16-9-8-15(26-2)10-17(16)27-3/h4-10H,11H2,1-3H3,(H,20,23)(H,21,24)(H,22,25). The lowest BCUT2D eigenvalue weighted by molar-refractivity contribution is -0.123. The zero-order chi connectivity index (χ0) is 19.8. The molecule has 0 spiro atoms. The third kappa shape index (κ3) is 6.03. The maximum atomic E-state index is 12.1. The third-order valence-electron chi connectivity index (χ3n) is 3.49. The first-order chi connectivity index (χ1) is 12.9. The Hall–Kier alpha value is -3.55. The average molecular weight is 371 g/mol. The zero-order valence-corrected chi connectivity index (χ0v) is 15.3. The summed E-state index contributed by atoms with van der Waals surface area (Å²) in [5.41, 5.74) is 1.57. The van der Waals surface area contributed by atoms with Gasteiger partial charge in [0.25, 0.3) is 0 Å². The van der Waals surface area contributed by atoms with E-state index in [2.05, 4.69) is 16.0 Å². The molecule has 142 valence electrons. The van der Waals surface area contributed by atoms with E-state index in [0.29, 0.717) is 28.6 Å². The second kappa shape index (κ2) is 9.23. The lowest BCUT2D eigenvalue weighted by Crippen LogP contribution is -2.21. The quantitative estimate of drug-likeness (QED) is 0.649. The van der Waals surface area contributed by atoms with Crippen molar-refractivity contribution in [3.05, 3.63) is 42.5 Å². The molecule has 0 fully saturated rings. The van der Waals surface area contributed by atoms with Crippen molar-refractivity contribution < 1.29 is 23.9 Å². The van der Waals surface area contributed by atoms with E-state index in [9.17, 15) is 14.4 Å². The van der Waals surface area contributed by atoms with Crippen molar-refractivity contribution in [1.29, 1.82) is 0 Å². The number of amides is 3. The summed E-state index contributed by atoms with van der Waals surface area (Å²) in [7, 11) is 3.00. The van der Waals surface area contributed by atoms with E-state index >= 15 is 0 Å². The summed E-state index contributed by atoms with van der Waals surface area (Å²) in [6.45, 7) is 1.41. The number of hydrogen-bond acceptors (Lipinski definition) is 5. The first kappa shape index (κ1) is 19.8. The van der Waals surface area contributed by atoms with Crippen LogP contribution in [0.2, 0.25) is 0 Å². The molecule has 8 nitrogen and oxygen atoms in total. The Morgan fingerprint density at radius 3 is 1.96 bits per heavy atom. The first-order valence-electron chi connectivity index (χ1n) is 8.10. The van der Waals surface area contributed by atoms with Crippen LogP contribution in [-0.2, 0) is 14.4 Å². The van der Waals surface area contributed by atoms with Gasteiger partial charge in [-0.1, -0.05) is 0 Å². The SMILES string of the molecule is COc1ccc(NC(=O)CC(=O)Nc2ccc(NC(C)=O)cc2)c(OC)c1. The van der Waals surface area contributed by atoms with Crippen LogP contribution in [0.5, 0.6) is 11.5 Å². The predicted molar refractivity (Wildman–Crippen MR) is 102 cm³/mol. The molecule has 8 heteroatoms. The Balaban J connectivity index is 1.92. The van der Waals surface area contributed by atoms with E-state index in [-0.39, 0.29) is 12.3 Å². The van der Waals surface area contributed by atoms with Crippen molar-refractivity contribution in [2.24, 2.45) is 0 Å². The lowest BCUT2D eigenvalue weighted by atomic mass is 10.2. The van der Waals surface area contributed by atoms with Crippen molar-refractivity contribution >= 4 is 34.8 Å². The largest absolute Gasteiger partial charge is 0.497 e. The van der Waals surface area contributed by atoms with E-state index in [1.165, 1.54) is 21.1 Å². The van der Waals surface area contributed by atoms with Crippen LogP contribution in [0.15, 0.2) is 42.5 Å². The molecule has 0 aliphatic heterocycles. The topological polar surface area (TPSA) is 106 Å². The minimum absolute atomic E-state index is 0.183. The fourth-order valence-electron chi connectivity index (χ4n) is 2.29. The van der Waals surface area contributed by atoms with Gasteiger partial charge in [-0.15, -0.1) is 0 Å². The predicted octanol–water partition coefficient (Wildman–Crippen LogP) is 2.63. The summed E-state index contributed by atoms with van der Waals surface area (Å²) in [5, 5.41) is 7.88. The number of hydrogen-bond donors (Lipinski definition) is 3. The summed E-state index contributed by atoms with van der Waals surface area (Å²) >= 11 is 0. The summed E-state index contributed by atoms with van der Waals surface area (Å²) < 4.78 is 10.3. The number of ether oxygens (including phenoxy) is 2. The number of benzene rings is 2. The average Bonchev–Trinajstić information content (AvgIpc) is 2.63. The van der Waals surface area contributed by atoms with Gasteiger partial charge in [-0.05, 0) is 36.4 Å². The van der Waals surface area contributed by atoms with Crippen LogP contribution in [0.3, 0.4) is 0 Å². The van der Waals surface area contributed by atoms with Gasteiger partial charge in [0.2, 0.25) is 17.7 Å². The number of rotatable bonds is 7. The van der Waals surface area contributed by atoms with Gasteiger partial charge in [0.05, 0.1) is 19.9 Å². The number of anilines is 3. The third-order valence-corrected chi connectivity index (χ3v) is 3.49. The molecule has 2 aromatic carbocycles. The molecule has 3 N–H and O–H groups in total. The first-order valence-corrected chi connectivity index (χ1v) is 8.10. The van der Waals surface area contributed by atoms with Gasteiger partial charge in [0.1, 0.15) is 17.9 Å². The molecule has 3 amide bonds. The van der Waals surface area contributed by atoms with Crippen LogP contribution in [0.25, 0.3) is 0 Å². The van der Waals surface area contributed by atoms with E-state index in [4.69, 9.17) is 9.47 Å². The monoisotopic (exact) mass is 371 g/mol. The van der Waals surface area contributed by atoms with Gasteiger partial charge in [-0.2, -0.15) is 0 Å². The highest BCUT2D eigenvalue weighted by Gasteiger charge is 2.13. The van der Waals surface area contributed by atoms with Crippen LogP contribution >= 0.6 is 0 Å². The molecular weight excluding hydrogens is 350 g/mol. The summed E-state index contributed by atoms with van der Waals surface area (Å²) in [4.78, 5) is 35.1. The van der Waals surface area contributed by atoms with Crippen LogP contribution in [0.1, 0.15) is 13.3 Å². The molecular formula is C19H21N3O5. The van der Waals surface area contributed by atoms with Crippen LogP contribution in [0, 0.1) is 0 Å². The molecule has 0 atom stereocenters. The molecule has 0 radical (unpaired) electrons. The maximum Gasteiger partial charge on any atom is 0.233 e. The Kier molecular flexibility index (Phi) is 6.76. The summed E-state index contributed by atoms with van der Waals surface area (Å²) in [5.74, 6) is -0.113. The van der Waals surface area contributed by atoms with E-state index in [0.717, 1.165) is 0 Å². The minimum Gasteiger partial charge on any atom is -0.497 e. The minimum atomic E-state index is -0.481. The van der Waals surface area contributed by atoms with Gasteiger partial charge in [0.15, 0.2) is 0 Å². The number of carbonyl (C=O) groups is 3. The Morgan fingerprint density at radius 1 is 0.815 bits per heavy atom. The smallest absolute Gasteiger partial charge is 0.233 e. The van der Waals surface area contributed by atoms with Crippen molar-refractivity contribution in [3.63, 3.8) is 0 Å².